The van der Waals surface area contributed by atoms with Crippen LogP contribution in [0.3, 0.4) is 0 Å². The van der Waals surface area contributed by atoms with Crippen LogP contribution in [0.15, 0.2) is 42.6 Å². The molecule has 2 rings (SSSR count). The lowest BCUT2D eigenvalue weighted by Crippen LogP contribution is -2.25. The fraction of sp³-hybridized carbons (Fsp3) is 0.133. The van der Waals surface area contributed by atoms with E-state index in [1.54, 1.807) is 6.07 Å². The number of hydrogen-bond acceptors (Lipinski definition) is 3. The van der Waals surface area contributed by atoms with Gasteiger partial charge in [-0.3, -0.25) is 9.78 Å². The molecular formula is C15H13FN2O3. The molecule has 2 N–H and O–H groups in total. The highest BCUT2D eigenvalue weighted by Gasteiger charge is 2.07. The number of rotatable bonds is 5. The molecule has 1 aromatic carbocycles. The Kier molecular flexibility index (Phi) is 4.61. The number of aromatic carboxylic acids is 1. The van der Waals surface area contributed by atoms with Crippen LogP contribution in [0.5, 0.6) is 0 Å². The van der Waals surface area contributed by atoms with Crippen molar-refractivity contribution < 1.29 is 19.1 Å². The third-order valence-corrected chi connectivity index (χ3v) is 2.78. The Morgan fingerprint density at radius 3 is 2.76 bits per heavy atom. The van der Waals surface area contributed by atoms with Crippen molar-refractivity contribution in [2.24, 2.45) is 0 Å². The molecule has 0 saturated heterocycles. The number of pyridine rings is 1. The van der Waals surface area contributed by atoms with Crippen LogP contribution >= 0.6 is 0 Å². The number of carboxylic acid groups (broad SMARTS) is 1. The summed E-state index contributed by atoms with van der Waals surface area (Å²) in [7, 11) is 0. The second kappa shape index (κ2) is 6.60. The van der Waals surface area contributed by atoms with E-state index in [1.807, 2.05) is 0 Å². The highest BCUT2D eigenvalue weighted by molar-refractivity contribution is 5.87. The number of amides is 1. The maximum Gasteiger partial charge on any atom is 0.335 e. The van der Waals surface area contributed by atoms with E-state index >= 15 is 0 Å². The lowest BCUT2D eigenvalue weighted by atomic mass is 10.1. The second-order valence-electron chi connectivity index (χ2n) is 4.42. The molecule has 1 heterocycles. The summed E-state index contributed by atoms with van der Waals surface area (Å²) in [4.78, 5) is 26.5. The number of hydrogen-bond donors (Lipinski definition) is 2. The van der Waals surface area contributed by atoms with Crippen LogP contribution in [-0.2, 0) is 17.8 Å². The van der Waals surface area contributed by atoms with Gasteiger partial charge in [-0.1, -0.05) is 12.1 Å². The van der Waals surface area contributed by atoms with E-state index in [-0.39, 0.29) is 24.4 Å². The normalized spacial score (nSPS) is 10.1. The fourth-order valence-corrected chi connectivity index (χ4v) is 1.79. The molecular weight excluding hydrogens is 275 g/mol. The lowest BCUT2D eigenvalue weighted by Gasteiger charge is -2.06. The molecule has 0 aliphatic rings. The molecule has 1 aromatic heterocycles. The number of aromatic nitrogens is 1. The molecule has 0 fully saturated rings. The van der Waals surface area contributed by atoms with Gasteiger partial charge in [0.15, 0.2) is 0 Å². The Morgan fingerprint density at radius 2 is 2.05 bits per heavy atom. The van der Waals surface area contributed by atoms with E-state index < -0.39 is 11.8 Å². The summed E-state index contributed by atoms with van der Waals surface area (Å²) in [5, 5.41) is 11.5. The molecule has 0 unspecified atom stereocenters. The number of carbonyl (C=O) groups is 2. The molecule has 0 aliphatic heterocycles. The van der Waals surface area contributed by atoms with Gasteiger partial charge in [0.05, 0.1) is 24.2 Å². The van der Waals surface area contributed by atoms with E-state index in [2.05, 4.69) is 10.3 Å². The molecule has 1 amide bonds. The highest BCUT2D eigenvalue weighted by atomic mass is 19.1. The van der Waals surface area contributed by atoms with Crippen molar-refractivity contribution in [3.05, 3.63) is 65.2 Å². The Morgan fingerprint density at radius 1 is 1.24 bits per heavy atom. The van der Waals surface area contributed by atoms with Crippen molar-refractivity contribution in [1.29, 1.82) is 0 Å². The van der Waals surface area contributed by atoms with Gasteiger partial charge in [0, 0.05) is 6.20 Å². The predicted molar refractivity (Wildman–Crippen MR) is 73.1 cm³/mol. The molecule has 0 aliphatic carbocycles. The number of benzene rings is 1. The zero-order chi connectivity index (χ0) is 15.2. The average molecular weight is 288 g/mol. The minimum Gasteiger partial charge on any atom is -0.478 e. The van der Waals surface area contributed by atoms with E-state index in [0.717, 1.165) is 0 Å². The van der Waals surface area contributed by atoms with Crippen molar-refractivity contribution in [3.63, 3.8) is 0 Å². The van der Waals surface area contributed by atoms with Gasteiger partial charge in [0.1, 0.15) is 5.82 Å². The monoisotopic (exact) mass is 288 g/mol. The quantitative estimate of drug-likeness (QED) is 0.879. The number of nitrogens with one attached hydrogen (secondary N) is 1. The standard InChI is InChI=1S/C15H13FN2O3/c16-12-3-1-2-10(6-12)7-14(19)18-9-13-8-11(15(20)21)4-5-17-13/h1-6,8H,7,9H2,(H,18,19)(H,20,21). The van der Waals surface area contributed by atoms with Crippen LogP contribution in [0.25, 0.3) is 0 Å². The zero-order valence-corrected chi connectivity index (χ0v) is 11.0. The third kappa shape index (κ3) is 4.38. The van der Waals surface area contributed by atoms with Gasteiger partial charge in [0.2, 0.25) is 5.91 Å². The molecule has 6 heteroatoms. The number of halogens is 1. The van der Waals surface area contributed by atoms with Gasteiger partial charge < -0.3 is 10.4 Å². The van der Waals surface area contributed by atoms with Gasteiger partial charge >= 0.3 is 5.97 Å². The summed E-state index contributed by atoms with van der Waals surface area (Å²) < 4.78 is 13.0. The fourth-order valence-electron chi connectivity index (χ4n) is 1.79. The highest BCUT2D eigenvalue weighted by Crippen LogP contribution is 2.05. The number of nitrogens with zero attached hydrogens (tertiary/aromatic N) is 1. The van der Waals surface area contributed by atoms with Crippen LogP contribution in [0, 0.1) is 5.82 Å². The Labute approximate surface area is 120 Å². The summed E-state index contributed by atoms with van der Waals surface area (Å²) in [6.45, 7) is 0.120. The van der Waals surface area contributed by atoms with Crippen LogP contribution in [-0.4, -0.2) is 22.0 Å². The molecule has 21 heavy (non-hydrogen) atoms. The smallest absolute Gasteiger partial charge is 0.335 e. The van der Waals surface area contributed by atoms with E-state index in [9.17, 15) is 14.0 Å². The van der Waals surface area contributed by atoms with Crippen LogP contribution in [0.4, 0.5) is 4.39 Å². The lowest BCUT2D eigenvalue weighted by molar-refractivity contribution is -0.120. The van der Waals surface area contributed by atoms with Crippen molar-refractivity contribution in [2.45, 2.75) is 13.0 Å². The molecule has 0 radical (unpaired) electrons. The van der Waals surface area contributed by atoms with E-state index in [1.165, 1.54) is 36.5 Å². The summed E-state index contributed by atoms with van der Waals surface area (Å²) >= 11 is 0. The van der Waals surface area contributed by atoms with E-state index in [0.29, 0.717) is 11.3 Å². The molecule has 0 atom stereocenters. The van der Waals surface area contributed by atoms with Crippen molar-refractivity contribution in [3.8, 4) is 0 Å². The maximum absolute atomic E-state index is 13.0. The minimum absolute atomic E-state index is 0.0520. The molecule has 108 valence electrons. The SMILES string of the molecule is O=C(Cc1cccc(F)c1)NCc1cc(C(=O)O)ccn1. The summed E-state index contributed by atoms with van der Waals surface area (Å²) in [5.74, 6) is -1.73. The Hall–Kier alpha value is -2.76. The van der Waals surface area contributed by atoms with Gasteiger partial charge in [-0.25, -0.2) is 9.18 Å². The summed E-state index contributed by atoms with van der Waals surface area (Å²) in [6.07, 6.45) is 1.42. The first kappa shape index (κ1) is 14.6. The topological polar surface area (TPSA) is 79.3 Å². The van der Waals surface area contributed by atoms with Gasteiger partial charge in [0.25, 0.3) is 0 Å². The van der Waals surface area contributed by atoms with Gasteiger partial charge in [-0.2, -0.15) is 0 Å². The minimum atomic E-state index is -1.05. The molecule has 2 aromatic rings. The van der Waals surface area contributed by atoms with Crippen LogP contribution < -0.4 is 5.32 Å². The zero-order valence-electron chi connectivity index (χ0n) is 11.0. The van der Waals surface area contributed by atoms with Crippen LogP contribution in [0.1, 0.15) is 21.6 Å². The first-order valence-electron chi connectivity index (χ1n) is 6.24. The average Bonchev–Trinajstić information content (AvgIpc) is 2.45. The van der Waals surface area contributed by atoms with Crippen LogP contribution in [0.2, 0.25) is 0 Å². The van der Waals surface area contributed by atoms with Gasteiger partial charge in [-0.05, 0) is 29.8 Å². The predicted octanol–water partition coefficient (Wildman–Crippen LogP) is 1.78. The second-order valence-corrected chi connectivity index (χ2v) is 4.42. The van der Waals surface area contributed by atoms with Crippen molar-refractivity contribution >= 4 is 11.9 Å². The molecule has 0 spiro atoms. The summed E-state index contributed by atoms with van der Waals surface area (Å²) in [5.41, 5.74) is 1.13. The maximum atomic E-state index is 13.0. The third-order valence-electron chi connectivity index (χ3n) is 2.78. The summed E-state index contributed by atoms with van der Waals surface area (Å²) in [6, 6.07) is 8.57. The number of carbonyl (C=O) groups excluding carboxylic acids is 1. The largest absolute Gasteiger partial charge is 0.478 e. The Balaban J connectivity index is 1.92. The van der Waals surface area contributed by atoms with Crippen molar-refractivity contribution in [2.75, 3.05) is 0 Å². The molecule has 0 saturated carbocycles. The number of carboxylic acids is 1. The van der Waals surface area contributed by atoms with E-state index in [4.69, 9.17) is 5.11 Å². The van der Waals surface area contributed by atoms with Gasteiger partial charge in [-0.15, -0.1) is 0 Å². The first-order chi connectivity index (χ1) is 10.0. The molecule has 0 bridgehead atoms. The first-order valence-corrected chi connectivity index (χ1v) is 6.24. The van der Waals surface area contributed by atoms with Crippen molar-refractivity contribution in [1.82, 2.24) is 10.3 Å². The molecule has 5 nitrogen and oxygen atoms in total. The Bertz CT molecular complexity index is 673.